The molecule has 0 radical (unpaired) electrons. The van der Waals surface area contributed by atoms with Gasteiger partial charge in [-0.25, -0.2) is 0 Å². The Morgan fingerprint density at radius 3 is 2.65 bits per heavy atom. The van der Waals surface area contributed by atoms with Gasteiger partial charge in [0.05, 0.1) is 12.7 Å². The molecule has 3 heteroatoms. The van der Waals surface area contributed by atoms with Crippen molar-refractivity contribution in [1.29, 1.82) is 0 Å². The SMILES string of the molecule is CC(C)(C)CNC(=O)Cc1cccc(-c2ccco2)c1. The summed E-state index contributed by atoms with van der Waals surface area (Å²) in [5.74, 6) is 0.874. The molecule has 1 aromatic heterocycles. The van der Waals surface area contributed by atoms with Crippen molar-refractivity contribution in [2.45, 2.75) is 27.2 Å². The number of benzene rings is 1. The fourth-order valence-electron chi connectivity index (χ4n) is 1.89. The van der Waals surface area contributed by atoms with Crippen molar-refractivity contribution in [3.63, 3.8) is 0 Å². The second kappa shape index (κ2) is 5.95. The monoisotopic (exact) mass is 271 g/mol. The predicted octanol–water partition coefficient (Wildman–Crippen LogP) is 3.65. The third-order valence-electron chi connectivity index (χ3n) is 2.91. The number of rotatable bonds is 4. The van der Waals surface area contributed by atoms with Crippen LogP contribution in [0.3, 0.4) is 0 Å². The Balaban J connectivity index is 2.00. The fraction of sp³-hybridized carbons (Fsp3) is 0.353. The first-order valence-electron chi connectivity index (χ1n) is 6.83. The first kappa shape index (κ1) is 14.4. The van der Waals surface area contributed by atoms with Crippen LogP contribution in [0.15, 0.2) is 47.1 Å². The van der Waals surface area contributed by atoms with Crippen LogP contribution < -0.4 is 5.32 Å². The van der Waals surface area contributed by atoms with Crippen LogP contribution in [0.1, 0.15) is 26.3 Å². The third-order valence-corrected chi connectivity index (χ3v) is 2.91. The number of carbonyl (C=O) groups excluding carboxylic acids is 1. The Bertz CT molecular complexity index is 565. The molecule has 20 heavy (non-hydrogen) atoms. The molecule has 0 atom stereocenters. The molecule has 106 valence electrons. The zero-order chi connectivity index (χ0) is 14.6. The lowest BCUT2D eigenvalue weighted by atomic mass is 9.97. The molecule has 0 spiro atoms. The van der Waals surface area contributed by atoms with Crippen molar-refractivity contribution < 1.29 is 9.21 Å². The second-order valence-electron chi connectivity index (χ2n) is 6.19. The minimum Gasteiger partial charge on any atom is -0.464 e. The standard InChI is InChI=1S/C17H21NO2/c1-17(2,3)12-18-16(19)11-13-6-4-7-14(10-13)15-8-5-9-20-15/h4-10H,11-12H2,1-3H3,(H,18,19). The summed E-state index contributed by atoms with van der Waals surface area (Å²) in [6, 6.07) is 11.7. The second-order valence-corrected chi connectivity index (χ2v) is 6.19. The maximum absolute atomic E-state index is 11.9. The van der Waals surface area contributed by atoms with E-state index < -0.39 is 0 Å². The van der Waals surface area contributed by atoms with Crippen LogP contribution in [0.25, 0.3) is 11.3 Å². The molecule has 1 aromatic carbocycles. The Hall–Kier alpha value is -2.03. The average molecular weight is 271 g/mol. The highest BCUT2D eigenvalue weighted by molar-refractivity contribution is 5.79. The molecule has 0 fully saturated rings. The van der Waals surface area contributed by atoms with Crippen molar-refractivity contribution in [3.05, 3.63) is 48.2 Å². The Labute approximate surface area is 120 Å². The van der Waals surface area contributed by atoms with Gasteiger partial charge in [0, 0.05) is 12.1 Å². The molecule has 2 rings (SSSR count). The van der Waals surface area contributed by atoms with Gasteiger partial charge in [0.25, 0.3) is 0 Å². The van der Waals surface area contributed by atoms with E-state index in [1.54, 1.807) is 6.26 Å². The van der Waals surface area contributed by atoms with Crippen LogP contribution in [-0.4, -0.2) is 12.5 Å². The van der Waals surface area contributed by atoms with Gasteiger partial charge in [-0.3, -0.25) is 4.79 Å². The molecule has 0 saturated heterocycles. The lowest BCUT2D eigenvalue weighted by Crippen LogP contribution is -2.33. The molecule has 3 nitrogen and oxygen atoms in total. The number of carbonyl (C=O) groups is 1. The van der Waals surface area contributed by atoms with Crippen LogP contribution in [0, 0.1) is 5.41 Å². The highest BCUT2D eigenvalue weighted by Gasteiger charge is 2.12. The minimum atomic E-state index is 0.0523. The number of amides is 1. The van der Waals surface area contributed by atoms with Crippen molar-refractivity contribution in [2.24, 2.45) is 5.41 Å². The number of furan rings is 1. The van der Waals surface area contributed by atoms with E-state index >= 15 is 0 Å². The van der Waals surface area contributed by atoms with Crippen molar-refractivity contribution in [3.8, 4) is 11.3 Å². The number of nitrogens with one attached hydrogen (secondary N) is 1. The summed E-state index contributed by atoms with van der Waals surface area (Å²) in [4.78, 5) is 11.9. The summed E-state index contributed by atoms with van der Waals surface area (Å²) in [6.45, 7) is 6.99. The Kier molecular flexibility index (Phi) is 4.28. The normalized spacial score (nSPS) is 11.3. The van der Waals surface area contributed by atoms with Gasteiger partial charge in [0.15, 0.2) is 0 Å². The maximum atomic E-state index is 11.9. The summed E-state index contributed by atoms with van der Waals surface area (Å²) < 4.78 is 5.37. The van der Waals surface area contributed by atoms with E-state index in [4.69, 9.17) is 4.42 Å². The van der Waals surface area contributed by atoms with E-state index in [-0.39, 0.29) is 11.3 Å². The maximum Gasteiger partial charge on any atom is 0.224 e. The molecule has 0 aliphatic heterocycles. The van der Waals surface area contributed by atoms with Gasteiger partial charge >= 0.3 is 0 Å². The topological polar surface area (TPSA) is 42.2 Å². The quantitative estimate of drug-likeness (QED) is 0.922. The fourth-order valence-corrected chi connectivity index (χ4v) is 1.89. The van der Waals surface area contributed by atoms with Gasteiger partial charge in [0.2, 0.25) is 5.91 Å². The van der Waals surface area contributed by atoms with Gasteiger partial charge in [-0.05, 0) is 29.2 Å². The zero-order valence-corrected chi connectivity index (χ0v) is 12.3. The van der Waals surface area contributed by atoms with E-state index in [9.17, 15) is 4.79 Å². The number of hydrogen-bond donors (Lipinski definition) is 1. The summed E-state index contributed by atoms with van der Waals surface area (Å²) in [6.07, 6.45) is 2.04. The van der Waals surface area contributed by atoms with Gasteiger partial charge in [-0.2, -0.15) is 0 Å². The van der Waals surface area contributed by atoms with E-state index in [1.165, 1.54) is 0 Å². The van der Waals surface area contributed by atoms with Crippen LogP contribution in [0.4, 0.5) is 0 Å². The van der Waals surface area contributed by atoms with Gasteiger partial charge in [-0.15, -0.1) is 0 Å². The average Bonchev–Trinajstić information content (AvgIpc) is 2.90. The highest BCUT2D eigenvalue weighted by Crippen LogP contribution is 2.21. The molecule has 0 bridgehead atoms. The largest absolute Gasteiger partial charge is 0.464 e. The third kappa shape index (κ3) is 4.26. The van der Waals surface area contributed by atoms with E-state index in [0.29, 0.717) is 13.0 Å². The lowest BCUT2D eigenvalue weighted by Gasteiger charge is -2.18. The van der Waals surface area contributed by atoms with Gasteiger partial charge < -0.3 is 9.73 Å². The van der Waals surface area contributed by atoms with E-state index in [2.05, 4.69) is 26.1 Å². The summed E-state index contributed by atoms with van der Waals surface area (Å²) in [5, 5.41) is 2.96. The smallest absolute Gasteiger partial charge is 0.224 e. The van der Waals surface area contributed by atoms with Crippen LogP contribution in [0.5, 0.6) is 0 Å². The van der Waals surface area contributed by atoms with Crippen LogP contribution >= 0.6 is 0 Å². The molecular weight excluding hydrogens is 250 g/mol. The first-order valence-corrected chi connectivity index (χ1v) is 6.83. The van der Waals surface area contributed by atoms with Gasteiger partial charge in [-0.1, -0.05) is 39.0 Å². The summed E-state index contributed by atoms with van der Waals surface area (Å²) in [5.41, 5.74) is 2.09. The van der Waals surface area contributed by atoms with Gasteiger partial charge in [0.1, 0.15) is 5.76 Å². The molecular formula is C17H21NO2. The Morgan fingerprint density at radius 2 is 2.00 bits per heavy atom. The molecule has 1 heterocycles. The summed E-state index contributed by atoms with van der Waals surface area (Å²) in [7, 11) is 0. The highest BCUT2D eigenvalue weighted by atomic mass is 16.3. The molecule has 0 aliphatic rings. The minimum absolute atomic E-state index is 0.0523. The molecule has 0 aliphatic carbocycles. The molecule has 0 unspecified atom stereocenters. The number of hydrogen-bond acceptors (Lipinski definition) is 2. The van der Waals surface area contributed by atoms with E-state index in [1.807, 2.05) is 36.4 Å². The Morgan fingerprint density at radius 1 is 1.20 bits per heavy atom. The van der Waals surface area contributed by atoms with Crippen molar-refractivity contribution in [1.82, 2.24) is 5.32 Å². The summed E-state index contributed by atoms with van der Waals surface area (Å²) >= 11 is 0. The predicted molar refractivity (Wildman–Crippen MR) is 80.3 cm³/mol. The molecule has 1 N–H and O–H groups in total. The molecule has 1 amide bonds. The zero-order valence-electron chi connectivity index (χ0n) is 12.3. The molecule has 0 saturated carbocycles. The van der Waals surface area contributed by atoms with E-state index in [0.717, 1.165) is 16.9 Å². The van der Waals surface area contributed by atoms with Crippen LogP contribution in [0.2, 0.25) is 0 Å². The van der Waals surface area contributed by atoms with Crippen LogP contribution in [-0.2, 0) is 11.2 Å². The van der Waals surface area contributed by atoms with Crippen molar-refractivity contribution in [2.75, 3.05) is 6.54 Å². The first-order chi connectivity index (χ1) is 9.44. The van der Waals surface area contributed by atoms with Crippen molar-refractivity contribution >= 4 is 5.91 Å². The molecule has 2 aromatic rings. The lowest BCUT2D eigenvalue weighted by molar-refractivity contribution is -0.120.